The quantitative estimate of drug-likeness (QED) is 0.564. The van der Waals surface area contributed by atoms with Gasteiger partial charge in [0.1, 0.15) is 5.75 Å². The molecule has 1 N–H and O–H groups in total. The molecule has 5 heteroatoms. The fraction of sp³-hybridized carbons (Fsp3) is 0.118. The van der Waals surface area contributed by atoms with Gasteiger partial charge in [-0.05, 0) is 65.3 Å². The number of nitrogens with one attached hydrogen (secondary N) is 1. The van der Waals surface area contributed by atoms with Crippen LogP contribution in [0.25, 0.3) is 0 Å². The van der Waals surface area contributed by atoms with E-state index in [0.717, 1.165) is 21.6 Å². The van der Waals surface area contributed by atoms with Crippen LogP contribution in [0.4, 0.5) is 5.69 Å². The minimum Gasteiger partial charge on any atom is -0.497 e. The molecule has 0 unspecified atom stereocenters. The Hall–Kier alpha value is -1.78. The van der Waals surface area contributed by atoms with Gasteiger partial charge in [0.2, 0.25) is 0 Å². The SMILES string of the molecule is COc1ccc(C(=O)C=C(C)Nc2ccc(Cl)c(Br)c2)cc1. The topological polar surface area (TPSA) is 38.3 Å². The highest BCUT2D eigenvalue weighted by atomic mass is 79.9. The summed E-state index contributed by atoms with van der Waals surface area (Å²) in [5, 5.41) is 3.80. The number of methoxy groups -OCH3 is 1. The van der Waals surface area contributed by atoms with Crippen LogP contribution in [0.5, 0.6) is 5.75 Å². The Kier molecular flexibility index (Phi) is 5.63. The standard InChI is InChI=1S/C17H15BrClNO2/c1-11(20-13-5-8-16(19)15(18)10-13)9-17(21)12-3-6-14(22-2)7-4-12/h3-10,20H,1-2H3. The van der Waals surface area contributed by atoms with Crippen molar-refractivity contribution in [3.8, 4) is 5.75 Å². The maximum absolute atomic E-state index is 12.2. The van der Waals surface area contributed by atoms with E-state index in [9.17, 15) is 4.79 Å². The highest BCUT2D eigenvalue weighted by molar-refractivity contribution is 9.10. The molecular weight excluding hydrogens is 366 g/mol. The van der Waals surface area contributed by atoms with Crippen molar-refractivity contribution >= 4 is 39.0 Å². The number of carbonyl (C=O) groups is 1. The summed E-state index contributed by atoms with van der Waals surface area (Å²) in [5.74, 6) is 0.655. The van der Waals surface area contributed by atoms with Crippen molar-refractivity contribution in [1.82, 2.24) is 0 Å². The van der Waals surface area contributed by atoms with E-state index in [1.165, 1.54) is 0 Å². The molecule has 3 nitrogen and oxygen atoms in total. The average molecular weight is 381 g/mol. The maximum Gasteiger partial charge on any atom is 0.187 e. The lowest BCUT2D eigenvalue weighted by Gasteiger charge is -2.08. The molecule has 0 bridgehead atoms. The lowest BCUT2D eigenvalue weighted by atomic mass is 10.1. The predicted molar refractivity (Wildman–Crippen MR) is 93.9 cm³/mol. The number of hydrogen-bond acceptors (Lipinski definition) is 3. The highest BCUT2D eigenvalue weighted by Gasteiger charge is 2.04. The maximum atomic E-state index is 12.2. The summed E-state index contributed by atoms with van der Waals surface area (Å²) in [4.78, 5) is 12.2. The summed E-state index contributed by atoms with van der Waals surface area (Å²) in [7, 11) is 1.59. The van der Waals surface area contributed by atoms with E-state index >= 15 is 0 Å². The molecule has 0 amide bonds. The van der Waals surface area contributed by atoms with Crippen LogP contribution >= 0.6 is 27.5 Å². The Morgan fingerprint density at radius 3 is 2.50 bits per heavy atom. The number of rotatable bonds is 5. The molecule has 0 spiro atoms. The molecule has 0 radical (unpaired) electrons. The third kappa shape index (κ3) is 4.36. The van der Waals surface area contributed by atoms with Crippen LogP contribution in [-0.4, -0.2) is 12.9 Å². The average Bonchev–Trinajstić information content (AvgIpc) is 2.51. The molecule has 0 aliphatic heterocycles. The molecule has 0 aromatic heterocycles. The minimum atomic E-state index is -0.0688. The summed E-state index contributed by atoms with van der Waals surface area (Å²) in [6, 6.07) is 12.5. The van der Waals surface area contributed by atoms with Gasteiger partial charge in [0.05, 0.1) is 12.1 Å². The molecule has 114 valence electrons. The second kappa shape index (κ2) is 7.47. The Morgan fingerprint density at radius 1 is 1.23 bits per heavy atom. The lowest BCUT2D eigenvalue weighted by molar-refractivity contribution is 0.104. The Bertz CT molecular complexity index is 711. The van der Waals surface area contributed by atoms with Crippen LogP contribution < -0.4 is 10.1 Å². The van der Waals surface area contributed by atoms with Gasteiger partial charge >= 0.3 is 0 Å². The van der Waals surface area contributed by atoms with Crippen LogP contribution in [0.1, 0.15) is 17.3 Å². The highest BCUT2D eigenvalue weighted by Crippen LogP contribution is 2.26. The fourth-order valence-corrected chi connectivity index (χ4v) is 2.37. The molecule has 0 heterocycles. The minimum absolute atomic E-state index is 0.0688. The molecule has 2 rings (SSSR count). The van der Waals surface area contributed by atoms with E-state index < -0.39 is 0 Å². The zero-order valence-electron chi connectivity index (χ0n) is 12.2. The van der Waals surface area contributed by atoms with E-state index in [1.807, 2.05) is 19.1 Å². The van der Waals surface area contributed by atoms with Gasteiger partial charge in [-0.2, -0.15) is 0 Å². The number of anilines is 1. The van der Waals surface area contributed by atoms with Gasteiger partial charge in [-0.3, -0.25) is 4.79 Å². The molecule has 0 aliphatic carbocycles. The lowest BCUT2D eigenvalue weighted by Crippen LogP contribution is -2.01. The van der Waals surface area contributed by atoms with Gasteiger partial charge in [-0.25, -0.2) is 0 Å². The number of ether oxygens (including phenoxy) is 1. The van der Waals surface area contributed by atoms with E-state index in [2.05, 4.69) is 21.2 Å². The van der Waals surface area contributed by atoms with E-state index in [1.54, 1.807) is 43.5 Å². The van der Waals surface area contributed by atoms with E-state index in [0.29, 0.717) is 10.6 Å². The molecule has 0 saturated carbocycles. The van der Waals surface area contributed by atoms with Crippen LogP contribution in [0.15, 0.2) is 58.7 Å². The van der Waals surface area contributed by atoms with Crippen molar-refractivity contribution in [2.75, 3.05) is 12.4 Å². The fourth-order valence-electron chi connectivity index (χ4n) is 1.87. The first kappa shape index (κ1) is 16.6. The molecule has 2 aromatic carbocycles. The summed E-state index contributed by atoms with van der Waals surface area (Å²) in [5.41, 5.74) is 2.21. The second-order valence-corrected chi connectivity index (χ2v) is 5.94. The van der Waals surface area contributed by atoms with Gasteiger partial charge in [0, 0.05) is 27.5 Å². The summed E-state index contributed by atoms with van der Waals surface area (Å²) in [6.45, 7) is 1.84. The number of halogens is 2. The Balaban J connectivity index is 2.09. The second-order valence-electron chi connectivity index (χ2n) is 4.67. The number of allylic oxidation sites excluding steroid dienone is 2. The molecule has 0 aliphatic rings. The summed E-state index contributed by atoms with van der Waals surface area (Å²) < 4.78 is 5.88. The van der Waals surface area contributed by atoms with Crippen LogP contribution in [0.3, 0.4) is 0 Å². The van der Waals surface area contributed by atoms with Crippen LogP contribution in [-0.2, 0) is 0 Å². The predicted octanol–water partition coefficient (Wildman–Crippen LogP) is 5.31. The normalized spacial score (nSPS) is 11.2. The van der Waals surface area contributed by atoms with Gasteiger partial charge < -0.3 is 10.1 Å². The molecule has 0 fully saturated rings. The number of benzene rings is 2. The third-order valence-electron chi connectivity index (χ3n) is 2.98. The number of ketones is 1. The van der Waals surface area contributed by atoms with Crippen molar-refractivity contribution in [2.24, 2.45) is 0 Å². The van der Waals surface area contributed by atoms with Crippen molar-refractivity contribution in [2.45, 2.75) is 6.92 Å². The smallest absolute Gasteiger partial charge is 0.187 e. The molecule has 0 atom stereocenters. The first-order valence-electron chi connectivity index (χ1n) is 6.58. The first-order valence-corrected chi connectivity index (χ1v) is 7.75. The van der Waals surface area contributed by atoms with Crippen molar-refractivity contribution in [3.63, 3.8) is 0 Å². The van der Waals surface area contributed by atoms with Gasteiger partial charge in [0.15, 0.2) is 5.78 Å². The zero-order valence-corrected chi connectivity index (χ0v) is 14.5. The van der Waals surface area contributed by atoms with Gasteiger partial charge in [0.25, 0.3) is 0 Å². The Labute approximate surface area is 143 Å². The first-order chi connectivity index (χ1) is 10.5. The number of carbonyl (C=O) groups excluding carboxylic acids is 1. The number of hydrogen-bond donors (Lipinski definition) is 1. The van der Waals surface area contributed by atoms with Crippen molar-refractivity contribution in [3.05, 3.63) is 69.3 Å². The van der Waals surface area contributed by atoms with Gasteiger partial charge in [-0.1, -0.05) is 11.6 Å². The monoisotopic (exact) mass is 379 g/mol. The van der Waals surface area contributed by atoms with Crippen LogP contribution in [0.2, 0.25) is 5.02 Å². The Morgan fingerprint density at radius 2 is 1.91 bits per heavy atom. The molecule has 22 heavy (non-hydrogen) atoms. The zero-order chi connectivity index (χ0) is 16.1. The molecular formula is C17H15BrClNO2. The van der Waals surface area contributed by atoms with E-state index in [-0.39, 0.29) is 5.78 Å². The summed E-state index contributed by atoms with van der Waals surface area (Å²) in [6.07, 6.45) is 1.56. The summed E-state index contributed by atoms with van der Waals surface area (Å²) >= 11 is 9.32. The molecule has 0 saturated heterocycles. The largest absolute Gasteiger partial charge is 0.497 e. The molecule has 2 aromatic rings. The van der Waals surface area contributed by atoms with Crippen molar-refractivity contribution in [1.29, 1.82) is 0 Å². The van der Waals surface area contributed by atoms with Crippen molar-refractivity contribution < 1.29 is 9.53 Å². The van der Waals surface area contributed by atoms with Gasteiger partial charge in [-0.15, -0.1) is 0 Å². The van der Waals surface area contributed by atoms with E-state index in [4.69, 9.17) is 16.3 Å². The third-order valence-corrected chi connectivity index (χ3v) is 4.20. The van der Waals surface area contributed by atoms with Crippen LogP contribution in [0, 0.1) is 0 Å².